The molecule has 1 fully saturated rings. The van der Waals surface area contributed by atoms with Crippen molar-refractivity contribution in [3.8, 4) is 11.1 Å². The van der Waals surface area contributed by atoms with Gasteiger partial charge in [-0.15, -0.1) is 0 Å². The van der Waals surface area contributed by atoms with Crippen molar-refractivity contribution in [2.24, 2.45) is 0 Å². The first-order chi connectivity index (χ1) is 57.8. The van der Waals surface area contributed by atoms with Crippen LogP contribution in [0.25, 0.3) is 33.2 Å². The van der Waals surface area contributed by atoms with E-state index in [1.165, 1.54) is 63.7 Å². The van der Waals surface area contributed by atoms with Gasteiger partial charge in [-0.3, -0.25) is 0 Å². The third-order valence-electron chi connectivity index (χ3n) is 19.3. The first-order valence-corrected chi connectivity index (χ1v) is 45.7. The van der Waals surface area contributed by atoms with Gasteiger partial charge in [0.05, 0.1) is 50.4 Å². The van der Waals surface area contributed by atoms with Gasteiger partial charge in [-0.25, -0.2) is 19.9 Å². The Kier molecular flexibility index (Phi) is 35.1. The molecule has 1 saturated heterocycles. The molecule has 0 saturated carbocycles. The van der Waals surface area contributed by atoms with Gasteiger partial charge in [-0.2, -0.15) is 0 Å². The number of rotatable bonds is 14. The number of nitrogens with one attached hydrogen (secondary N) is 2. The van der Waals surface area contributed by atoms with Crippen LogP contribution >= 0.6 is 70.8 Å². The molecule has 14 aromatic carbocycles. The molecular weight excluding hydrogens is 1750 g/mol. The topological polar surface area (TPSA) is 102 Å². The fraction of sp³-hybridized carbons (Fsp3) is 0.0680. The van der Waals surface area contributed by atoms with Gasteiger partial charge in [0.15, 0.2) is 0 Å². The molecule has 120 heavy (non-hydrogen) atoms. The fourth-order valence-electron chi connectivity index (χ4n) is 12.9. The first-order valence-electron chi connectivity index (χ1n) is 38.7. The monoisotopic (exact) mass is 1830 g/mol. The molecule has 2 N–H and O–H groups in total. The summed E-state index contributed by atoms with van der Waals surface area (Å²) in [5.41, 5.74) is 6.28. The van der Waals surface area contributed by atoms with Crippen LogP contribution in [0, 0.1) is 0 Å². The van der Waals surface area contributed by atoms with Crippen molar-refractivity contribution >= 4 is 169 Å². The summed E-state index contributed by atoms with van der Waals surface area (Å²) in [5.74, 6) is 0. The maximum atomic E-state index is 6.05. The van der Waals surface area contributed by atoms with Crippen molar-refractivity contribution in [2.45, 2.75) is 46.3 Å². The average Bonchev–Trinajstić information content (AvgIpc) is 1.61. The summed E-state index contributed by atoms with van der Waals surface area (Å²) in [6.07, 6.45) is 6.70. The quantitative estimate of drug-likeness (QED) is 0.0639. The van der Waals surface area contributed by atoms with E-state index >= 15 is 0 Å². The van der Waals surface area contributed by atoms with E-state index in [4.69, 9.17) is 32.5 Å². The summed E-state index contributed by atoms with van der Waals surface area (Å²) in [6.45, 7) is 8.23. The van der Waals surface area contributed by atoms with Gasteiger partial charge < -0.3 is 19.3 Å². The van der Waals surface area contributed by atoms with Gasteiger partial charge in [0.25, 0.3) is 0 Å². The maximum absolute atomic E-state index is 6.05. The van der Waals surface area contributed by atoms with Crippen molar-refractivity contribution in [1.82, 2.24) is 29.9 Å². The van der Waals surface area contributed by atoms with Crippen LogP contribution < -0.4 is 69.1 Å². The third-order valence-corrected chi connectivity index (χ3v) is 30.6. The molecule has 4 aromatic heterocycles. The number of fused-ring (bicyclic) bond motifs is 2. The molecule has 1 aliphatic rings. The minimum atomic E-state index is -0.446. The Labute approximate surface area is 744 Å². The molecule has 600 valence electrons. The SMILES string of the molecule is C.CC1(C)OB(c2ccc3nc[nH]c3c2)OC1(C)C.Clc1ncccc1-c1ccc2nc[nH]c2c1.Clc1ncccc1Br.[Pd].c1ccc(P(c2ccccc2)c2ccccc2)cc1.c1ccc(P(c2ccccc2)c2ccccc2)cc1.c1ccc(P(c2ccccc2)c2ccccc2)cc1.c1ccc(P(c2ccccc2)c2ccccc2)cc1. The fourth-order valence-corrected chi connectivity index (χ4v) is 22.7. The van der Waals surface area contributed by atoms with Gasteiger partial charge >= 0.3 is 7.12 Å². The summed E-state index contributed by atoms with van der Waals surface area (Å²) in [5, 5.41) is 17.8. The maximum Gasteiger partial charge on any atom is 0.494 e. The molecule has 18 aromatic rings. The van der Waals surface area contributed by atoms with Crippen molar-refractivity contribution in [2.75, 3.05) is 0 Å². The van der Waals surface area contributed by atoms with Crippen molar-refractivity contribution < 1.29 is 29.7 Å². The van der Waals surface area contributed by atoms with Gasteiger partial charge in [0.2, 0.25) is 0 Å². The Balaban J connectivity index is 0.000000138. The molecule has 19 rings (SSSR count). The van der Waals surface area contributed by atoms with Crippen LogP contribution in [-0.4, -0.2) is 48.2 Å². The number of imidazole rings is 2. The second kappa shape index (κ2) is 46.5. The van der Waals surface area contributed by atoms with E-state index in [1.54, 1.807) is 25.0 Å². The Morgan fingerprint density at radius 2 is 0.533 bits per heavy atom. The predicted molar refractivity (Wildman–Crippen MR) is 520 cm³/mol. The van der Waals surface area contributed by atoms with Crippen LogP contribution in [0.5, 0.6) is 0 Å². The number of H-pyrrole nitrogens is 2. The molecule has 17 heteroatoms. The van der Waals surface area contributed by atoms with Crippen LogP contribution in [0.2, 0.25) is 10.3 Å². The second-order valence-electron chi connectivity index (χ2n) is 27.9. The number of halogens is 3. The van der Waals surface area contributed by atoms with E-state index in [2.05, 4.69) is 438 Å². The standard InChI is InChI=1S/4C18H15P.C13H17BN2O2.C12H8ClN3.C5H3BrClN.CH4.Pd/c4*1-4-10-16(11-5-1)19(17-12-6-2-7-13-17)18-14-8-3-9-15-18;1-12(2)13(3,4)18-14(17-12)9-5-6-10-11(7-9)16-8-15-10;13-12-9(2-1-5-14-12)8-3-4-10-11(6-8)16-7-15-10;6-4-2-1-3-8-5(4)7;;/h4*1-15H;5-8H,1-4H3,(H,15,16);1-7H,(H,15,16);1-3H;1H4;. The normalized spacial score (nSPS) is 12.0. The smallest absolute Gasteiger partial charge is 0.399 e. The van der Waals surface area contributed by atoms with E-state index in [9.17, 15) is 0 Å². The van der Waals surface area contributed by atoms with Crippen LogP contribution in [0.15, 0.2) is 454 Å². The third kappa shape index (κ3) is 25.2. The van der Waals surface area contributed by atoms with Crippen LogP contribution in [-0.2, 0) is 29.7 Å². The Hall–Kier alpha value is -10.3. The Morgan fingerprint density at radius 3 is 0.775 bits per heavy atom. The molecule has 0 amide bonds. The van der Waals surface area contributed by atoms with Crippen LogP contribution in [0.4, 0.5) is 0 Å². The molecule has 5 heterocycles. The number of nitrogens with zero attached hydrogens (tertiary/aromatic N) is 4. The summed E-state index contributed by atoms with van der Waals surface area (Å²) < 4.78 is 12.9. The van der Waals surface area contributed by atoms with E-state index in [0.29, 0.717) is 10.3 Å². The molecule has 1 aliphatic heterocycles. The predicted octanol–water partition coefficient (Wildman–Crippen LogP) is 22.1. The number of aromatic amines is 2. The van der Waals surface area contributed by atoms with Crippen molar-refractivity contribution in [3.05, 3.63) is 464 Å². The number of aromatic nitrogens is 6. The van der Waals surface area contributed by atoms with E-state index < -0.39 is 31.7 Å². The van der Waals surface area contributed by atoms with Crippen LogP contribution in [0.3, 0.4) is 0 Å². The van der Waals surface area contributed by atoms with Crippen molar-refractivity contribution in [3.63, 3.8) is 0 Å². The number of pyridine rings is 2. The average molecular weight is 1840 g/mol. The summed E-state index contributed by atoms with van der Waals surface area (Å²) >= 11 is 14.8. The number of hydrogen-bond donors (Lipinski definition) is 2. The van der Waals surface area contributed by atoms with E-state index in [-0.39, 0.29) is 46.2 Å². The molecule has 0 spiro atoms. The largest absolute Gasteiger partial charge is 0.494 e. The minimum Gasteiger partial charge on any atom is -0.399 e. The minimum absolute atomic E-state index is 0. The van der Waals surface area contributed by atoms with E-state index in [1.807, 2.05) is 60.7 Å². The summed E-state index contributed by atoms with van der Waals surface area (Å²) in [6, 6.07) is 149. The van der Waals surface area contributed by atoms with Gasteiger partial charge in [-0.1, -0.05) is 407 Å². The van der Waals surface area contributed by atoms with Gasteiger partial charge in [-0.05, 0) is 199 Å². The van der Waals surface area contributed by atoms with E-state index in [0.717, 1.165) is 43.1 Å². The number of benzene rings is 14. The molecule has 0 bridgehead atoms. The van der Waals surface area contributed by atoms with Gasteiger partial charge in [0, 0.05) is 38.4 Å². The Bertz CT molecular complexity index is 5080. The number of hydrogen-bond acceptors (Lipinski definition) is 6. The zero-order valence-electron chi connectivity index (χ0n) is 66.1. The summed E-state index contributed by atoms with van der Waals surface area (Å²) in [7, 11) is -2.10. The molecule has 0 aliphatic carbocycles. The molecule has 8 nitrogen and oxygen atoms in total. The summed E-state index contributed by atoms with van der Waals surface area (Å²) in [4.78, 5) is 22.4. The Morgan fingerprint density at radius 1 is 0.292 bits per heavy atom. The second-order valence-corrected chi connectivity index (χ2v) is 38.3. The molecule has 0 radical (unpaired) electrons. The van der Waals surface area contributed by atoms with Crippen molar-refractivity contribution in [1.29, 1.82) is 0 Å². The van der Waals surface area contributed by atoms with Crippen LogP contribution in [0.1, 0.15) is 35.1 Å². The molecular formula is C103H92BBrCl2N6O2P4Pd. The molecule has 0 atom stereocenters. The van der Waals surface area contributed by atoms with Gasteiger partial charge in [0.1, 0.15) is 10.3 Å². The zero-order chi connectivity index (χ0) is 81.6. The zero-order valence-corrected chi connectivity index (χ0v) is 74.4. The first kappa shape index (κ1) is 90.5. The molecule has 0 unspecified atom stereocenters.